The van der Waals surface area contributed by atoms with Gasteiger partial charge in [0.1, 0.15) is 13.3 Å². The summed E-state index contributed by atoms with van der Waals surface area (Å²) in [5, 5.41) is 0. The Balaban J connectivity index is 2.23. The molecule has 5 nitrogen and oxygen atoms in total. The van der Waals surface area contributed by atoms with E-state index in [0.29, 0.717) is 13.3 Å². The van der Waals surface area contributed by atoms with Crippen molar-refractivity contribution in [3.05, 3.63) is 12.3 Å². The van der Waals surface area contributed by atoms with E-state index in [0.717, 1.165) is 0 Å². The lowest BCUT2D eigenvalue weighted by Crippen LogP contribution is -2.29. The highest BCUT2D eigenvalue weighted by Crippen LogP contribution is 1.98. The number of aliphatic imine (C=N–C) groups is 1. The van der Waals surface area contributed by atoms with Gasteiger partial charge in [0, 0.05) is 19.5 Å². The van der Waals surface area contributed by atoms with Gasteiger partial charge < -0.3 is 9.47 Å². The Hall–Kier alpha value is -1.36. The summed E-state index contributed by atoms with van der Waals surface area (Å²) in [5.74, 6) is 0. The first kappa shape index (κ1) is 9.73. The number of allylic oxidation sites excluding steroid dienone is 1. The van der Waals surface area contributed by atoms with Gasteiger partial charge in [-0.25, -0.2) is 4.79 Å². The number of carbonyl (C=O) groups excluding carboxylic acids is 1. The van der Waals surface area contributed by atoms with Crippen LogP contribution >= 0.6 is 0 Å². The number of amides is 1. The number of hydrogen-bond acceptors (Lipinski definition) is 4. The highest BCUT2D eigenvalue weighted by Gasteiger charge is 2.11. The zero-order chi connectivity index (χ0) is 9.52. The average Bonchev–Trinajstić information content (AvgIpc) is 2.19. The topological polar surface area (TPSA) is 51.1 Å². The van der Waals surface area contributed by atoms with E-state index in [1.54, 1.807) is 25.6 Å². The molecular weight excluding hydrogens is 172 g/mol. The molecule has 0 aromatic rings. The van der Waals surface area contributed by atoms with Gasteiger partial charge in [0.15, 0.2) is 0 Å². The summed E-state index contributed by atoms with van der Waals surface area (Å²) in [6, 6.07) is 0. The van der Waals surface area contributed by atoms with Crippen LogP contribution in [0.2, 0.25) is 0 Å². The van der Waals surface area contributed by atoms with Gasteiger partial charge in [-0.1, -0.05) is 0 Å². The SMILES string of the molecule is COCCOC(=O)N1C=CC=NC1. The maximum atomic E-state index is 11.2. The van der Waals surface area contributed by atoms with E-state index in [-0.39, 0.29) is 6.61 Å². The molecule has 0 spiro atoms. The van der Waals surface area contributed by atoms with Crippen LogP contribution in [-0.4, -0.2) is 44.2 Å². The van der Waals surface area contributed by atoms with Gasteiger partial charge in [0.2, 0.25) is 0 Å². The molecule has 0 N–H and O–H groups in total. The van der Waals surface area contributed by atoms with Crippen LogP contribution in [0.4, 0.5) is 4.79 Å². The molecule has 0 unspecified atom stereocenters. The van der Waals surface area contributed by atoms with Crippen molar-refractivity contribution in [2.24, 2.45) is 4.99 Å². The first-order valence-corrected chi connectivity index (χ1v) is 3.93. The molecule has 1 rings (SSSR count). The van der Waals surface area contributed by atoms with Crippen molar-refractivity contribution in [1.82, 2.24) is 4.90 Å². The number of carbonyl (C=O) groups is 1. The lowest BCUT2D eigenvalue weighted by atomic mass is 10.5. The number of ether oxygens (including phenoxy) is 2. The summed E-state index contributed by atoms with van der Waals surface area (Å²) in [6.45, 7) is 0.998. The summed E-state index contributed by atoms with van der Waals surface area (Å²) in [7, 11) is 1.55. The van der Waals surface area contributed by atoms with E-state index in [4.69, 9.17) is 9.47 Å². The molecule has 0 aliphatic carbocycles. The second-order valence-electron chi connectivity index (χ2n) is 2.39. The number of rotatable bonds is 3. The number of nitrogens with zero attached hydrogens (tertiary/aromatic N) is 2. The molecular formula is C8H12N2O3. The quantitative estimate of drug-likeness (QED) is 0.604. The van der Waals surface area contributed by atoms with Crippen LogP contribution in [0.25, 0.3) is 0 Å². The average molecular weight is 184 g/mol. The molecule has 1 aliphatic heterocycles. The maximum Gasteiger partial charge on any atom is 0.415 e. The normalized spacial score (nSPS) is 14.7. The summed E-state index contributed by atoms with van der Waals surface area (Å²) in [5.41, 5.74) is 0. The lowest BCUT2D eigenvalue weighted by Gasteiger charge is -2.16. The standard InChI is InChI=1S/C8H12N2O3/c1-12-5-6-13-8(11)10-4-2-3-9-7-10/h2-4H,5-7H2,1H3. The van der Waals surface area contributed by atoms with Gasteiger partial charge in [-0.05, 0) is 6.08 Å². The fourth-order valence-electron chi connectivity index (χ4n) is 0.799. The fraction of sp³-hybridized carbons (Fsp3) is 0.500. The molecule has 0 saturated heterocycles. The van der Waals surface area contributed by atoms with Gasteiger partial charge in [-0.3, -0.25) is 9.89 Å². The Morgan fingerprint density at radius 1 is 1.62 bits per heavy atom. The lowest BCUT2D eigenvalue weighted by molar-refractivity contribution is 0.0813. The van der Waals surface area contributed by atoms with Crippen molar-refractivity contribution in [2.75, 3.05) is 27.0 Å². The van der Waals surface area contributed by atoms with E-state index >= 15 is 0 Å². The van der Waals surface area contributed by atoms with Crippen molar-refractivity contribution < 1.29 is 14.3 Å². The first-order chi connectivity index (χ1) is 6.34. The Kier molecular flexibility index (Phi) is 3.98. The second-order valence-corrected chi connectivity index (χ2v) is 2.39. The summed E-state index contributed by atoms with van der Waals surface area (Å²) >= 11 is 0. The maximum absolute atomic E-state index is 11.2. The van der Waals surface area contributed by atoms with E-state index in [1.807, 2.05) is 0 Å². The van der Waals surface area contributed by atoms with Crippen LogP contribution in [0.1, 0.15) is 0 Å². The molecule has 0 saturated carbocycles. The minimum atomic E-state index is -0.398. The van der Waals surface area contributed by atoms with Crippen molar-refractivity contribution in [2.45, 2.75) is 0 Å². The molecule has 1 amide bonds. The predicted molar refractivity (Wildman–Crippen MR) is 47.6 cm³/mol. The molecule has 5 heteroatoms. The molecule has 0 atom stereocenters. The third-order valence-electron chi connectivity index (χ3n) is 1.44. The Bertz CT molecular complexity index is 225. The minimum Gasteiger partial charge on any atom is -0.447 e. The monoisotopic (exact) mass is 184 g/mol. The third-order valence-corrected chi connectivity index (χ3v) is 1.44. The van der Waals surface area contributed by atoms with E-state index in [2.05, 4.69) is 4.99 Å². The second kappa shape index (κ2) is 5.31. The van der Waals surface area contributed by atoms with Crippen molar-refractivity contribution in [1.29, 1.82) is 0 Å². The smallest absolute Gasteiger partial charge is 0.415 e. The van der Waals surface area contributed by atoms with Gasteiger partial charge in [0.05, 0.1) is 6.61 Å². The summed E-state index contributed by atoms with van der Waals surface area (Å²) in [4.78, 5) is 16.5. The van der Waals surface area contributed by atoms with E-state index < -0.39 is 6.09 Å². The van der Waals surface area contributed by atoms with Crippen LogP contribution in [0, 0.1) is 0 Å². The fourth-order valence-corrected chi connectivity index (χ4v) is 0.799. The largest absolute Gasteiger partial charge is 0.447 e. The Labute approximate surface area is 76.6 Å². The van der Waals surface area contributed by atoms with Crippen LogP contribution in [-0.2, 0) is 9.47 Å². The van der Waals surface area contributed by atoms with E-state index in [9.17, 15) is 4.79 Å². The molecule has 1 aliphatic rings. The first-order valence-electron chi connectivity index (χ1n) is 3.93. The molecule has 0 bridgehead atoms. The van der Waals surface area contributed by atoms with Gasteiger partial charge >= 0.3 is 6.09 Å². The summed E-state index contributed by atoms with van der Waals surface area (Å²) < 4.78 is 9.59. The molecule has 13 heavy (non-hydrogen) atoms. The zero-order valence-corrected chi connectivity index (χ0v) is 7.47. The van der Waals surface area contributed by atoms with Crippen molar-refractivity contribution in [3.63, 3.8) is 0 Å². The van der Waals surface area contributed by atoms with E-state index in [1.165, 1.54) is 4.90 Å². The van der Waals surface area contributed by atoms with Crippen LogP contribution in [0.5, 0.6) is 0 Å². The third kappa shape index (κ3) is 3.25. The van der Waals surface area contributed by atoms with Gasteiger partial charge in [-0.2, -0.15) is 0 Å². The van der Waals surface area contributed by atoms with Crippen LogP contribution in [0.3, 0.4) is 0 Å². The molecule has 72 valence electrons. The molecule has 0 aromatic carbocycles. The molecule has 1 heterocycles. The van der Waals surface area contributed by atoms with Crippen molar-refractivity contribution >= 4 is 12.3 Å². The van der Waals surface area contributed by atoms with Crippen molar-refractivity contribution in [3.8, 4) is 0 Å². The summed E-state index contributed by atoms with van der Waals surface area (Å²) in [6.07, 6.45) is 4.55. The minimum absolute atomic E-state index is 0.267. The molecule has 0 radical (unpaired) electrons. The molecule has 0 fully saturated rings. The zero-order valence-electron chi connectivity index (χ0n) is 7.47. The van der Waals surface area contributed by atoms with Gasteiger partial charge in [0.25, 0.3) is 0 Å². The van der Waals surface area contributed by atoms with Crippen LogP contribution < -0.4 is 0 Å². The van der Waals surface area contributed by atoms with Crippen LogP contribution in [0.15, 0.2) is 17.3 Å². The highest BCUT2D eigenvalue weighted by molar-refractivity contribution is 5.76. The molecule has 0 aromatic heterocycles. The Morgan fingerprint density at radius 2 is 2.46 bits per heavy atom. The number of hydrogen-bond donors (Lipinski definition) is 0. The highest BCUT2D eigenvalue weighted by atomic mass is 16.6. The predicted octanol–water partition coefficient (Wildman–Crippen LogP) is 0.627. The number of methoxy groups -OCH3 is 1. The Morgan fingerprint density at radius 3 is 3.08 bits per heavy atom. The van der Waals surface area contributed by atoms with Gasteiger partial charge in [-0.15, -0.1) is 0 Å².